The van der Waals surface area contributed by atoms with E-state index in [9.17, 15) is 14.4 Å². The average molecular weight is 378 g/mol. The standard InChI is InChI=1S/C17H16ClN3O5/c1-25-14-8-11(5-6-13(14)26-9-15(19)22)17(24)21-20-16(23)10-3-2-4-12(18)7-10/h2-8H,9H2,1H3,(H2,19,22)(H,20,23)(H,21,24). The number of ether oxygens (including phenoxy) is 2. The van der Waals surface area contributed by atoms with Gasteiger partial charge < -0.3 is 15.2 Å². The van der Waals surface area contributed by atoms with E-state index in [0.29, 0.717) is 10.6 Å². The zero-order valence-electron chi connectivity index (χ0n) is 13.7. The lowest BCUT2D eigenvalue weighted by Crippen LogP contribution is -2.41. The molecule has 2 rings (SSSR count). The fourth-order valence-electron chi connectivity index (χ4n) is 1.96. The van der Waals surface area contributed by atoms with Crippen molar-refractivity contribution in [3.05, 3.63) is 58.6 Å². The molecule has 26 heavy (non-hydrogen) atoms. The molecule has 0 aliphatic carbocycles. The number of primary amides is 1. The molecule has 0 spiro atoms. The van der Waals surface area contributed by atoms with Crippen LogP contribution in [-0.4, -0.2) is 31.4 Å². The molecule has 0 unspecified atom stereocenters. The molecule has 0 heterocycles. The predicted molar refractivity (Wildman–Crippen MR) is 94.1 cm³/mol. The van der Waals surface area contributed by atoms with Crippen LogP contribution in [0.15, 0.2) is 42.5 Å². The Morgan fingerprint density at radius 2 is 1.65 bits per heavy atom. The first-order valence-electron chi connectivity index (χ1n) is 7.36. The van der Waals surface area contributed by atoms with Gasteiger partial charge in [0.05, 0.1) is 7.11 Å². The third kappa shape index (κ3) is 5.12. The second-order valence-electron chi connectivity index (χ2n) is 5.04. The Balaban J connectivity index is 2.02. The molecule has 0 fully saturated rings. The van der Waals surface area contributed by atoms with E-state index < -0.39 is 17.7 Å². The van der Waals surface area contributed by atoms with E-state index in [0.717, 1.165) is 0 Å². The quantitative estimate of drug-likeness (QED) is 0.655. The highest BCUT2D eigenvalue weighted by atomic mass is 35.5. The molecule has 8 nitrogen and oxygen atoms in total. The van der Waals surface area contributed by atoms with Crippen molar-refractivity contribution < 1.29 is 23.9 Å². The minimum atomic E-state index is -0.641. The van der Waals surface area contributed by atoms with Gasteiger partial charge in [-0.25, -0.2) is 0 Å². The van der Waals surface area contributed by atoms with Crippen LogP contribution in [0.25, 0.3) is 0 Å². The Hall–Kier alpha value is -3.26. The third-order valence-corrected chi connectivity index (χ3v) is 3.41. The Bertz CT molecular complexity index is 841. The second kappa shape index (κ2) is 8.72. The highest BCUT2D eigenvalue weighted by Gasteiger charge is 2.13. The van der Waals surface area contributed by atoms with Crippen LogP contribution < -0.4 is 26.1 Å². The van der Waals surface area contributed by atoms with Gasteiger partial charge in [0, 0.05) is 16.1 Å². The summed E-state index contributed by atoms with van der Waals surface area (Å²) in [6.45, 7) is -0.322. The smallest absolute Gasteiger partial charge is 0.269 e. The summed E-state index contributed by atoms with van der Waals surface area (Å²) in [5.74, 6) is -1.24. The first-order chi connectivity index (χ1) is 12.4. The van der Waals surface area contributed by atoms with Crippen LogP contribution >= 0.6 is 11.6 Å². The number of carbonyl (C=O) groups is 3. The topological polar surface area (TPSA) is 120 Å². The lowest BCUT2D eigenvalue weighted by atomic mass is 10.2. The molecule has 0 saturated carbocycles. The molecule has 9 heteroatoms. The number of hydrogen-bond acceptors (Lipinski definition) is 5. The summed E-state index contributed by atoms with van der Waals surface area (Å²) >= 11 is 5.82. The van der Waals surface area contributed by atoms with Gasteiger partial charge in [-0.05, 0) is 36.4 Å². The molecule has 2 aromatic carbocycles. The minimum Gasteiger partial charge on any atom is -0.493 e. The van der Waals surface area contributed by atoms with Crippen molar-refractivity contribution >= 4 is 29.3 Å². The van der Waals surface area contributed by atoms with Crippen LogP contribution in [0.5, 0.6) is 11.5 Å². The lowest BCUT2D eigenvalue weighted by molar-refractivity contribution is -0.119. The summed E-state index contributed by atoms with van der Waals surface area (Å²) in [5.41, 5.74) is 10.1. The maximum absolute atomic E-state index is 12.2. The number of hydrazine groups is 1. The van der Waals surface area contributed by atoms with Crippen LogP contribution in [0.1, 0.15) is 20.7 Å². The van der Waals surface area contributed by atoms with Crippen molar-refractivity contribution in [2.75, 3.05) is 13.7 Å². The summed E-state index contributed by atoms with van der Waals surface area (Å²) in [6.07, 6.45) is 0. The Morgan fingerprint density at radius 3 is 2.23 bits per heavy atom. The van der Waals surface area contributed by atoms with Gasteiger partial charge >= 0.3 is 0 Å². The number of carbonyl (C=O) groups excluding carboxylic acids is 3. The van der Waals surface area contributed by atoms with E-state index in [-0.39, 0.29) is 23.7 Å². The van der Waals surface area contributed by atoms with E-state index in [2.05, 4.69) is 10.9 Å². The van der Waals surface area contributed by atoms with E-state index in [1.165, 1.54) is 31.4 Å². The maximum Gasteiger partial charge on any atom is 0.269 e. The number of benzene rings is 2. The third-order valence-electron chi connectivity index (χ3n) is 3.17. The Labute approximate surface area is 154 Å². The largest absolute Gasteiger partial charge is 0.493 e. The molecule has 0 atom stereocenters. The van der Waals surface area contributed by atoms with Gasteiger partial charge in [-0.15, -0.1) is 0 Å². The SMILES string of the molecule is COc1cc(C(=O)NNC(=O)c2cccc(Cl)c2)ccc1OCC(N)=O. The highest BCUT2D eigenvalue weighted by Crippen LogP contribution is 2.27. The molecule has 4 N–H and O–H groups in total. The van der Waals surface area contributed by atoms with Crippen LogP contribution in [0, 0.1) is 0 Å². The van der Waals surface area contributed by atoms with Gasteiger partial charge in [-0.2, -0.15) is 0 Å². The van der Waals surface area contributed by atoms with Gasteiger partial charge in [-0.3, -0.25) is 25.2 Å². The predicted octanol–water partition coefficient (Wildman–Crippen LogP) is 1.29. The number of halogens is 1. The van der Waals surface area contributed by atoms with Crippen molar-refractivity contribution in [2.24, 2.45) is 5.73 Å². The second-order valence-corrected chi connectivity index (χ2v) is 5.48. The fourth-order valence-corrected chi connectivity index (χ4v) is 2.15. The number of amides is 3. The molecule has 0 bridgehead atoms. The molecule has 0 aromatic heterocycles. The van der Waals surface area contributed by atoms with Crippen molar-refractivity contribution in [1.29, 1.82) is 0 Å². The molecular formula is C17H16ClN3O5. The van der Waals surface area contributed by atoms with E-state index >= 15 is 0 Å². The van der Waals surface area contributed by atoms with E-state index in [4.69, 9.17) is 26.8 Å². The molecule has 0 saturated heterocycles. The van der Waals surface area contributed by atoms with Gasteiger partial charge in [-0.1, -0.05) is 17.7 Å². The zero-order chi connectivity index (χ0) is 19.1. The van der Waals surface area contributed by atoms with Crippen molar-refractivity contribution in [3.63, 3.8) is 0 Å². The molecule has 0 aliphatic rings. The van der Waals surface area contributed by atoms with E-state index in [1.54, 1.807) is 18.2 Å². The van der Waals surface area contributed by atoms with Crippen LogP contribution in [0.3, 0.4) is 0 Å². The Kier molecular flexibility index (Phi) is 6.40. The van der Waals surface area contributed by atoms with Gasteiger partial charge in [0.25, 0.3) is 17.7 Å². The fraction of sp³-hybridized carbons (Fsp3) is 0.118. The van der Waals surface area contributed by atoms with E-state index in [1.807, 2.05) is 0 Å². The van der Waals surface area contributed by atoms with Gasteiger partial charge in [0.15, 0.2) is 18.1 Å². The van der Waals surface area contributed by atoms with Crippen molar-refractivity contribution in [2.45, 2.75) is 0 Å². The van der Waals surface area contributed by atoms with Crippen LogP contribution in [0.4, 0.5) is 0 Å². The number of rotatable bonds is 6. The maximum atomic E-state index is 12.2. The number of nitrogens with one attached hydrogen (secondary N) is 2. The summed E-state index contributed by atoms with van der Waals surface area (Å²) in [5, 5.41) is 0.403. The summed E-state index contributed by atoms with van der Waals surface area (Å²) < 4.78 is 10.3. The monoisotopic (exact) mass is 377 g/mol. The highest BCUT2D eigenvalue weighted by molar-refractivity contribution is 6.30. The summed E-state index contributed by atoms with van der Waals surface area (Å²) in [6, 6.07) is 10.6. The minimum absolute atomic E-state index is 0.208. The van der Waals surface area contributed by atoms with Crippen molar-refractivity contribution in [3.8, 4) is 11.5 Å². The lowest BCUT2D eigenvalue weighted by Gasteiger charge is -2.12. The molecular weight excluding hydrogens is 362 g/mol. The molecule has 3 amide bonds. The normalized spacial score (nSPS) is 9.92. The zero-order valence-corrected chi connectivity index (χ0v) is 14.5. The Morgan fingerprint density at radius 1 is 1.00 bits per heavy atom. The number of nitrogens with two attached hydrogens (primary N) is 1. The molecule has 0 radical (unpaired) electrons. The van der Waals surface area contributed by atoms with Gasteiger partial charge in [0.2, 0.25) is 0 Å². The van der Waals surface area contributed by atoms with Crippen LogP contribution in [-0.2, 0) is 4.79 Å². The summed E-state index contributed by atoms with van der Waals surface area (Å²) in [7, 11) is 1.38. The molecule has 2 aromatic rings. The molecule has 136 valence electrons. The molecule has 0 aliphatic heterocycles. The first kappa shape index (κ1) is 19.1. The van der Waals surface area contributed by atoms with Gasteiger partial charge in [0.1, 0.15) is 0 Å². The number of methoxy groups -OCH3 is 1. The summed E-state index contributed by atoms with van der Waals surface area (Å²) in [4.78, 5) is 34.9. The first-order valence-corrected chi connectivity index (χ1v) is 7.74. The number of hydrogen-bond donors (Lipinski definition) is 3. The van der Waals surface area contributed by atoms with Crippen LogP contribution in [0.2, 0.25) is 5.02 Å². The van der Waals surface area contributed by atoms with Crippen molar-refractivity contribution in [1.82, 2.24) is 10.9 Å². The average Bonchev–Trinajstić information content (AvgIpc) is 2.63.